The summed E-state index contributed by atoms with van der Waals surface area (Å²) in [5.41, 5.74) is 1.93. The van der Waals surface area contributed by atoms with Crippen molar-refractivity contribution in [2.24, 2.45) is 0 Å². The van der Waals surface area contributed by atoms with E-state index < -0.39 is 24.0 Å². The van der Waals surface area contributed by atoms with E-state index in [1.54, 1.807) is 48.5 Å². The second-order valence-corrected chi connectivity index (χ2v) is 6.58. The van der Waals surface area contributed by atoms with Crippen molar-refractivity contribution in [3.63, 3.8) is 0 Å². The number of carboxylic acids is 1. The van der Waals surface area contributed by atoms with Gasteiger partial charge in [-0.15, -0.1) is 0 Å². The number of amides is 2. The summed E-state index contributed by atoms with van der Waals surface area (Å²) >= 11 is 0. The average Bonchev–Trinajstić information content (AvgIpc) is 2.79. The molecule has 2 amide bonds. The van der Waals surface area contributed by atoms with Crippen molar-refractivity contribution >= 4 is 23.9 Å². The Morgan fingerprint density at radius 1 is 0.968 bits per heavy atom. The quantitative estimate of drug-likeness (QED) is 0.493. The Balaban J connectivity index is 1.82. The number of nitrogens with one attached hydrogen (secondary N) is 2. The summed E-state index contributed by atoms with van der Waals surface area (Å²) in [6, 6.07) is 14.1. The number of alkyl carbamates (subject to hydrolysis) is 1. The van der Waals surface area contributed by atoms with Crippen molar-refractivity contribution in [3.8, 4) is 0 Å². The first-order valence-corrected chi connectivity index (χ1v) is 9.53. The van der Waals surface area contributed by atoms with Crippen LogP contribution >= 0.6 is 0 Å². The Kier molecular flexibility index (Phi) is 9.03. The highest BCUT2D eigenvalue weighted by molar-refractivity contribution is 5.94. The molecule has 31 heavy (non-hydrogen) atoms. The number of hydrogen-bond acceptors (Lipinski definition) is 6. The first kappa shape index (κ1) is 23.4. The van der Waals surface area contributed by atoms with Gasteiger partial charge in [0.25, 0.3) is 5.91 Å². The number of methoxy groups -OCH3 is 1. The molecule has 1 atom stereocenters. The number of carboxylic acid groups (broad SMARTS) is 1. The standard InChI is InChI=1S/C22H24N2O7/c1-30-19(25)12-9-15-7-10-17(11-8-15)20(26)23-13-18(21(27)28)24-22(29)31-14-16-5-3-2-4-6-16/h2-8,10-11,18H,9,12-14H2,1H3,(H,23,26)(H,24,29)(H,27,28)/t18-/m0/s1. The van der Waals surface area contributed by atoms with Gasteiger partial charge in [0.2, 0.25) is 0 Å². The molecule has 0 bridgehead atoms. The summed E-state index contributed by atoms with van der Waals surface area (Å²) in [5.74, 6) is -2.13. The topological polar surface area (TPSA) is 131 Å². The van der Waals surface area contributed by atoms with E-state index >= 15 is 0 Å². The molecule has 0 unspecified atom stereocenters. The van der Waals surface area contributed by atoms with Crippen LogP contribution in [-0.4, -0.2) is 48.7 Å². The van der Waals surface area contributed by atoms with Gasteiger partial charge in [-0.2, -0.15) is 0 Å². The minimum absolute atomic E-state index is 0.00625. The fraction of sp³-hybridized carbons (Fsp3) is 0.273. The average molecular weight is 428 g/mol. The molecule has 3 N–H and O–H groups in total. The van der Waals surface area contributed by atoms with Crippen LogP contribution in [-0.2, 0) is 32.1 Å². The summed E-state index contributed by atoms with van der Waals surface area (Å²) in [6.45, 7) is -0.327. The van der Waals surface area contributed by atoms with Gasteiger partial charge in [-0.3, -0.25) is 9.59 Å². The zero-order chi connectivity index (χ0) is 22.6. The number of esters is 1. The first-order valence-electron chi connectivity index (χ1n) is 9.53. The van der Waals surface area contributed by atoms with Gasteiger partial charge in [0.1, 0.15) is 12.6 Å². The molecule has 0 saturated carbocycles. The summed E-state index contributed by atoms with van der Waals surface area (Å²) in [7, 11) is 1.32. The summed E-state index contributed by atoms with van der Waals surface area (Å²) in [6.07, 6.45) is -0.195. The fourth-order valence-electron chi connectivity index (χ4n) is 2.58. The molecule has 0 aliphatic carbocycles. The van der Waals surface area contributed by atoms with Gasteiger partial charge in [-0.05, 0) is 29.7 Å². The van der Waals surface area contributed by atoms with E-state index in [1.165, 1.54) is 7.11 Å². The van der Waals surface area contributed by atoms with Crippen LogP contribution in [0.4, 0.5) is 4.79 Å². The van der Waals surface area contributed by atoms with Crippen LogP contribution in [0.5, 0.6) is 0 Å². The van der Waals surface area contributed by atoms with E-state index in [9.17, 15) is 24.3 Å². The lowest BCUT2D eigenvalue weighted by Gasteiger charge is -2.15. The number of aryl methyl sites for hydroxylation is 1. The van der Waals surface area contributed by atoms with Crippen LogP contribution in [0.2, 0.25) is 0 Å². The predicted molar refractivity (Wildman–Crippen MR) is 110 cm³/mol. The van der Waals surface area contributed by atoms with E-state index in [1.807, 2.05) is 6.07 Å². The molecule has 0 radical (unpaired) electrons. The number of benzene rings is 2. The number of ether oxygens (including phenoxy) is 2. The largest absolute Gasteiger partial charge is 0.480 e. The van der Waals surface area contributed by atoms with Gasteiger partial charge < -0.3 is 25.2 Å². The van der Waals surface area contributed by atoms with E-state index in [2.05, 4.69) is 15.4 Å². The third kappa shape index (κ3) is 8.17. The predicted octanol–water partition coefficient (Wildman–Crippen LogP) is 1.90. The second-order valence-electron chi connectivity index (χ2n) is 6.58. The molecule has 0 spiro atoms. The van der Waals surface area contributed by atoms with E-state index in [0.29, 0.717) is 12.0 Å². The molecule has 2 aromatic rings. The Labute approximate surface area is 179 Å². The smallest absolute Gasteiger partial charge is 0.408 e. The number of carbonyl (C=O) groups is 4. The van der Waals surface area contributed by atoms with Crippen molar-refractivity contribution in [3.05, 3.63) is 71.3 Å². The van der Waals surface area contributed by atoms with Crippen LogP contribution in [0.1, 0.15) is 27.9 Å². The number of rotatable bonds is 10. The van der Waals surface area contributed by atoms with Gasteiger partial charge in [0.05, 0.1) is 7.11 Å². The van der Waals surface area contributed by atoms with Crippen molar-refractivity contribution in [2.45, 2.75) is 25.5 Å². The van der Waals surface area contributed by atoms with Crippen LogP contribution in [0, 0.1) is 0 Å². The zero-order valence-electron chi connectivity index (χ0n) is 17.0. The van der Waals surface area contributed by atoms with E-state index in [0.717, 1.165) is 11.1 Å². The Bertz CT molecular complexity index is 898. The molecule has 9 nitrogen and oxygen atoms in total. The highest BCUT2D eigenvalue weighted by Crippen LogP contribution is 2.07. The zero-order valence-corrected chi connectivity index (χ0v) is 17.0. The Hall–Kier alpha value is -3.88. The van der Waals surface area contributed by atoms with Crippen LogP contribution in [0.15, 0.2) is 54.6 Å². The third-order valence-corrected chi connectivity index (χ3v) is 4.33. The highest BCUT2D eigenvalue weighted by atomic mass is 16.5. The van der Waals surface area contributed by atoms with Gasteiger partial charge in [-0.25, -0.2) is 9.59 Å². The highest BCUT2D eigenvalue weighted by Gasteiger charge is 2.22. The van der Waals surface area contributed by atoms with E-state index in [4.69, 9.17) is 4.74 Å². The lowest BCUT2D eigenvalue weighted by Crippen LogP contribution is -2.48. The molecule has 164 valence electrons. The van der Waals surface area contributed by atoms with Crippen molar-refractivity contribution in [2.75, 3.05) is 13.7 Å². The maximum Gasteiger partial charge on any atom is 0.408 e. The summed E-state index contributed by atoms with van der Waals surface area (Å²) < 4.78 is 9.59. The maximum atomic E-state index is 12.3. The van der Waals surface area contributed by atoms with Gasteiger partial charge in [-0.1, -0.05) is 42.5 Å². The molecule has 0 saturated heterocycles. The normalized spacial score (nSPS) is 11.1. The lowest BCUT2D eigenvalue weighted by molar-refractivity contribution is -0.141. The molecule has 0 aromatic heterocycles. The molecule has 0 heterocycles. The van der Waals surface area contributed by atoms with Crippen LogP contribution in [0.3, 0.4) is 0 Å². The molecular formula is C22H24N2O7. The molecular weight excluding hydrogens is 404 g/mol. The minimum Gasteiger partial charge on any atom is -0.480 e. The number of hydrogen-bond donors (Lipinski definition) is 3. The molecule has 0 aliphatic heterocycles. The van der Waals surface area contributed by atoms with Crippen LogP contribution < -0.4 is 10.6 Å². The molecule has 0 fully saturated rings. The number of aliphatic carboxylic acids is 1. The van der Waals surface area contributed by atoms with E-state index in [-0.39, 0.29) is 25.5 Å². The first-order chi connectivity index (χ1) is 14.9. The van der Waals surface area contributed by atoms with Crippen molar-refractivity contribution < 1.29 is 33.8 Å². The van der Waals surface area contributed by atoms with Crippen LogP contribution in [0.25, 0.3) is 0 Å². The van der Waals surface area contributed by atoms with Gasteiger partial charge >= 0.3 is 18.0 Å². The SMILES string of the molecule is COC(=O)CCc1ccc(C(=O)NC[C@H](NC(=O)OCc2ccccc2)C(=O)O)cc1. The Morgan fingerprint density at radius 2 is 1.65 bits per heavy atom. The molecule has 2 rings (SSSR count). The molecule has 9 heteroatoms. The van der Waals surface area contributed by atoms with Gasteiger partial charge in [0, 0.05) is 18.5 Å². The lowest BCUT2D eigenvalue weighted by atomic mass is 10.1. The summed E-state index contributed by atoms with van der Waals surface area (Å²) in [4.78, 5) is 46.7. The molecule has 0 aliphatic rings. The number of carbonyl (C=O) groups excluding carboxylic acids is 3. The second kappa shape index (κ2) is 12.0. The minimum atomic E-state index is -1.36. The Morgan fingerprint density at radius 3 is 2.26 bits per heavy atom. The summed E-state index contributed by atoms with van der Waals surface area (Å²) in [5, 5.41) is 14.0. The van der Waals surface area contributed by atoms with Crippen molar-refractivity contribution in [1.82, 2.24) is 10.6 Å². The third-order valence-electron chi connectivity index (χ3n) is 4.33. The molecule has 2 aromatic carbocycles. The van der Waals surface area contributed by atoms with Crippen molar-refractivity contribution in [1.29, 1.82) is 0 Å². The fourth-order valence-corrected chi connectivity index (χ4v) is 2.58. The monoisotopic (exact) mass is 428 g/mol. The van der Waals surface area contributed by atoms with Gasteiger partial charge in [0.15, 0.2) is 0 Å². The maximum absolute atomic E-state index is 12.3.